The fraction of sp³-hybridized carbons (Fsp3) is 0.433. The fourth-order valence-electron chi connectivity index (χ4n) is 4.67. The molecule has 4 rings (SSSR count). The molecule has 2 aromatic carbocycles. The number of methoxy groups -OCH3 is 1. The van der Waals surface area contributed by atoms with Crippen LogP contribution in [0.1, 0.15) is 50.4 Å². The van der Waals surface area contributed by atoms with E-state index in [0.717, 1.165) is 36.3 Å². The van der Waals surface area contributed by atoms with Crippen LogP contribution >= 0.6 is 0 Å². The van der Waals surface area contributed by atoms with Crippen molar-refractivity contribution in [3.8, 4) is 23.3 Å². The second-order valence-corrected chi connectivity index (χ2v) is 9.78. The summed E-state index contributed by atoms with van der Waals surface area (Å²) in [5, 5.41) is 8.43. The summed E-state index contributed by atoms with van der Waals surface area (Å²) in [6.07, 6.45) is 4.48. The molecule has 0 bridgehead atoms. The van der Waals surface area contributed by atoms with Gasteiger partial charge in [0.2, 0.25) is 5.91 Å². The molecule has 1 aliphatic heterocycles. The highest BCUT2D eigenvalue weighted by molar-refractivity contribution is 5.78. The van der Waals surface area contributed by atoms with Crippen molar-refractivity contribution in [3.63, 3.8) is 0 Å². The molecular weight excluding hydrogens is 480 g/mol. The van der Waals surface area contributed by atoms with Crippen molar-refractivity contribution in [3.05, 3.63) is 72.1 Å². The number of carbonyl (C=O) groups excluding carboxylic acids is 1. The minimum absolute atomic E-state index is 0.0687. The summed E-state index contributed by atoms with van der Waals surface area (Å²) >= 11 is 0. The minimum atomic E-state index is -0.183. The van der Waals surface area contributed by atoms with Crippen molar-refractivity contribution < 1.29 is 19.0 Å². The quantitative estimate of drug-likeness (QED) is 0.369. The van der Waals surface area contributed by atoms with E-state index in [1.807, 2.05) is 79.4 Å². The number of aromatic nitrogens is 3. The van der Waals surface area contributed by atoms with E-state index in [2.05, 4.69) is 29.1 Å². The van der Waals surface area contributed by atoms with Gasteiger partial charge >= 0.3 is 0 Å². The lowest BCUT2D eigenvalue weighted by Gasteiger charge is -2.26. The highest BCUT2D eigenvalue weighted by Gasteiger charge is 2.35. The number of ether oxygens (including phenoxy) is 3. The van der Waals surface area contributed by atoms with Crippen molar-refractivity contribution in [2.45, 2.75) is 57.9 Å². The summed E-state index contributed by atoms with van der Waals surface area (Å²) in [4.78, 5) is 14.8. The normalized spacial score (nSPS) is 18.2. The summed E-state index contributed by atoms with van der Waals surface area (Å²) < 4.78 is 18.9. The number of nitrogens with zero attached hydrogens (tertiary/aromatic N) is 4. The van der Waals surface area contributed by atoms with Crippen LogP contribution < -0.4 is 9.47 Å². The van der Waals surface area contributed by atoms with E-state index >= 15 is 0 Å². The first-order valence-corrected chi connectivity index (χ1v) is 13.0. The third kappa shape index (κ3) is 7.36. The monoisotopic (exact) mass is 516 g/mol. The van der Waals surface area contributed by atoms with Gasteiger partial charge in [-0.2, -0.15) is 0 Å². The Labute approximate surface area is 224 Å². The summed E-state index contributed by atoms with van der Waals surface area (Å²) in [6.45, 7) is 4.92. The Morgan fingerprint density at radius 1 is 1.13 bits per heavy atom. The smallest absolute Gasteiger partial charge is 0.228 e. The first kappa shape index (κ1) is 27.2. The van der Waals surface area contributed by atoms with Gasteiger partial charge in [-0.05, 0) is 61.9 Å². The molecule has 0 aliphatic carbocycles. The van der Waals surface area contributed by atoms with Crippen LogP contribution in [-0.4, -0.2) is 58.8 Å². The molecule has 2 heterocycles. The molecular formula is C30H36N4O4. The molecule has 4 atom stereocenters. The average Bonchev–Trinajstić information content (AvgIpc) is 3.61. The third-order valence-corrected chi connectivity index (χ3v) is 6.88. The molecule has 200 valence electrons. The van der Waals surface area contributed by atoms with Crippen molar-refractivity contribution in [1.29, 1.82) is 0 Å². The van der Waals surface area contributed by atoms with E-state index in [9.17, 15) is 4.79 Å². The van der Waals surface area contributed by atoms with Gasteiger partial charge in [0.15, 0.2) is 5.69 Å². The van der Waals surface area contributed by atoms with Crippen molar-refractivity contribution >= 4 is 5.91 Å². The highest BCUT2D eigenvalue weighted by atomic mass is 16.5. The van der Waals surface area contributed by atoms with E-state index in [4.69, 9.17) is 14.2 Å². The van der Waals surface area contributed by atoms with Gasteiger partial charge in [0.1, 0.15) is 18.1 Å². The maximum Gasteiger partial charge on any atom is 0.228 e. The lowest BCUT2D eigenvalue weighted by molar-refractivity contribution is -0.139. The summed E-state index contributed by atoms with van der Waals surface area (Å²) in [7, 11) is 3.49. The number of carbonyl (C=O) groups is 1. The van der Waals surface area contributed by atoms with Gasteiger partial charge in [-0.25, -0.2) is 4.68 Å². The Morgan fingerprint density at radius 2 is 1.87 bits per heavy atom. The Hall–Kier alpha value is -3.83. The fourth-order valence-corrected chi connectivity index (χ4v) is 4.67. The number of hydrogen-bond acceptors (Lipinski definition) is 6. The minimum Gasteiger partial charge on any atom is -0.497 e. The van der Waals surface area contributed by atoms with E-state index in [-0.39, 0.29) is 36.7 Å². The van der Waals surface area contributed by atoms with Crippen LogP contribution in [0.5, 0.6) is 11.5 Å². The van der Waals surface area contributed by atoms with Crippen LogP contribution in [0.15, 0.2) is 60.8 Å². The second kappa shape index (κ2) is 13.1. The van der Waals surface area contributed by atoms with E-state index in [0.29, 0.717) is 12.2 Å². The first-order valence-electron chi connectivity index (χ1n) is 13.0. The zero-order chi connectivity index (χ0) is 26.9. The Morgan fingerprint density at radius 3 is 2.61 bits per heavy atom. The molecule has 1 fully saturated rings. The molecule has 0 radical (unpaired) electrons. The summed E-state index contributed by atoms with van der Waals surface area (Å²) in [5.41, 5.74) is 1.72. The van der Waals surface area contributed by atoms with Gasteiger partial charge in [0.25, 0.3) is 0 Å². The molecule has 1 saturated heterocycles. The lowest BCUT2D eigenvalue weighted by Crippen LogP contribution is -2.37. The standard InChI is InChI=1S/C30H36N4O4/c1-22(34-21-25(31-32-34)11-8-18-37-27-14-12-26(36-4)13-15-27)19-28-16-17-29(38-28)23(2)30(35)33(3)20-24-9-6-5-7-10-24/h5-7,9-10,12-15,21-23,28-29H,16-20H2,1-4H3/t22-,23-,28+,29-/m1/s1. The van der Waals surface area contributed by atoms with Crippen LogP contribution in [0.2, 0.25) is 0 Å². The highest BCUT2D eigenvalue weighted by Crippen LogP contribution is 2.31. The predicted molar refractivity (Wildman–Crippen MR) is 145 cm³/mol. The summed E-state index contributed by atoms with van der Waals surface area (Å²) in [6, 6.07) is 17.5. The number of rotatable bonds is 10. The van der Waals surface area contributed by atoms with Crippen LogP contribution in [0.25, 0.3) is 0 Å². The molecule has 8 heteroatoms. The molecule has 0 unspecified atom stereocenters. The molecule has 1 aromatic heterocycles. The van der Waals surface area contributed by atoms with Gasteiger partial charge in [-0.15, -0.1) is 5.10 Å². The molecule has 0 spiro atoms. The zero-order valence-electron chi connectivity index (χ0n) is 22.5. The van der Waals surface area contributed by atoms with E-state index in [1.54, 1.807) is 12.0 Å². The third-order valence-electron chi connectivity index (χ3n) is 6.88. The molecule has 38 heavy (non-hydrogen) atoms. The molecule has 1 aliphatic rings. The predicted octanol–water partition coefficient (Wildman–Crippen LogP) is 4.51. The number of benzene rings is 2. The lowest BCUT2D eigenvalue weighted by atomic mass is 9.99. The molecule has 0 saturated carbocycles. The van der Waals surface area contributed by atoms with Crippen LogP contribution in [-0.2, 0) is 16.1 Å². The van der Waals surface area contributed by atoms with Crippen LogP contribution in [0.4, 0.5) is 0 Å². The average molecular weight is 517 g/mol. The van der Waals surface area contributed by atoms with Gasteiger partial charge in [-0.1, -0.05) is 48.4 Å². The SMILES string of the molecule is COc1ccc(OCC#Cc2cn([C@H](C)C[C@@H]3CC[C@H]([C@@H](C)C(=O)N(C)Cc4ccccc4)O3)nn2)cc1. The van der Waals surface area contributed by atoms with Gasteiger partial charge in [-0.3, -0.25) is 4.79 Å². The van der Waals surface area contributed by atoms with E-state index < -0.39 is 0 Å². The van der Waals surface area contributed by atoms with Gasteiger partial charge in [0.05, 0.1) is 37.5 Å². The van der Waals surface area contributed by atoms with Crippen LogP contribution in [0.3, 0.4) is 0 Å². The van der Waals surface area contributed by atoms with E-state index in [1.165, 1.54) is 0 Å². The Bertz CT molecular complexity index is 1230. The Kier molecular flexibility index (Phi) is 9.39. The second-order valence-electron chi connectivity index (χ2n) is 9.78. The van der Waals surface area contributed by atoms with Crippen molar-refractivity contribution in [2.24, 2.45) is 5.92 Å². The Balaban J connectivity index is 1.22. The molecule has 0 N–H and O–H groups in total. The maximum absolute atomic E-state index is 13.0. The van der Waals surface area contributed by atoms with Crippen molar-refractivity contribution in [1.82, 2.24) is 19.9 Å². The van der Waals surface area contributed by atoms with Gasteiger partial charge < -0.3 is 19.1 Å². The summed E-state index contributed by atoms with van der Waals surface area (Å²) in [5.74, 6) is 7.42. The van der Waals surface area contributed by atoms with Crippen molar-refractivity contribution in [2.75, 3.05) is 20.8 Å². The van der Waals surface area contributed by atoms with Crippen LogP contribution in [0, 0.1) is 17.8 Å². The number of amides is 1. The number of hydrogen-bond donors (Lipinski definition) is 0. The molecule has 3 aromatic rings. The maximum atomic E-state index is 13.0. The topological polar surface area (TPSA) is 78.7 Å². The first-order chi connectivity index (χ1) is 18.4. The molecule has 1 amide bonds. The van der Waals surface area contributed by atoms with Gasteiger partial charge in [0, 0.05) is 13.6 Å². The largest absolute Gasteiger partial charge is 0.497 e. The zero-order valence-corrected chi connectivity index (χ0v) is 22.5. The molecule has 8 nitrogen and oxygen atoms in total.